The van der Waals surface area contributed by atoms with Crippen molar-refractivity contribution in [3.63, 3.8) is 0 Å². The third kappa shape index (κ3) is 6.47. The van der Waals surface area contributed by atoms with E-state index in [0.29, 0.717) is 28.6 Å². The maximum absolute atomic E-state index is 13.7. The van der Waals surface area contributed by atoms with Gasteiger partial charge in [-0.15, -0.1) is 0 Å². The number of hydrogen-bond acceptors (Lipinski definition) is 4. The number of methoxy groups -OCH3 is 1. The van der Waals surface area contributed by atoms with Gasteiger partial charge in [-0.05, 0) is 48.0 Å². The fourth-order valence-electron chi connectivity index (χ4n) is 3.08. The smallest absolute Gasteiger partial charge is 0.387 e. The number of carbonyl (C=O) groups is 2. The molecule has 0 spiro atoms. The lowest BCUT2D eigenvalue weighted by Crippen LogP contribution is -2.28. The first kappa shape index (κ1) is 24.6. The van der Waals surface area contributed by atoms with Crippen LogP contribution >= 0.6 is 0 Å². The lowest BCUT2D eigenvalue weighted by Gasteiger charge is -2.14. The van der Waals surface area contributed by atoms with Gasteiger partial charge >= 0.3 is 6.61 Å². The number of carbonyl (C=O) groups excluding carboxylic acids is 2. The van der Waals surface area contributed by atoms with E-state index in [1.807, 2.05) is 0 Å². The SMILES string of the molecule is COc1ccc(-c2cc(NC(=O)CCNC(=O)c3ccc(F)cc3F)ccc2OC(F)F)cc1. The number of rotatable bonds is 9. The number of nitrogens with one attached hydrogen (secondary N) is 2. The molecule has 0 saturated heterocycles. The lowest BCUT2D eigenvalue weighted by atomic mass is 10.0. The van der Waals surface area contributed by atoms with Crippen LogP contribution in [0.15, 0.2) is 60.7 Å². The van der Waals surface area contributed by atoms with Crippen molar-refractivity contribution in [3.05, 3.63) is 77.9 Å². The fraction of sp³-hybridized carbons (Fsp3) is 0.167. The minimum absolute atomic E-state index is 0.0771. The third-order valence-corrected chi connectivity index (χ3v) is 4.69. The molecule has 6 nitrogen and oxygen atoms in total. The highest BCUT2D eigenvalue weighted by molar-refractivity contribution is 5.95. The van der Waals surface area contributed by atoms with Crippen LogP contribution in [0.3, 0.4) is 0 Å². The summed E-state index contributed by atoms with van der Waals surface area (Å²) in [6, 6.07) is 13.3. The zero-order valence-corrected chi connectivity index (χ0v) is 17.9. The molecule has 0 atom stereocenters. The van der Waals surface area contributed by atoms with Gasteiger partial charge in [-0.2, -0.15) is 8.78 Å². The molecule has 0 unspecified atom stereocenters. The first-order valence-corrected chi connectivity index (χ1v) is 10.0. The molecule has 0 heterocycles. The van der Waals surface area contributed by atoms with Crippen molar-refractivity contribution in [1.29, 1.82) is 0 Å². The molecular formula is C24H20F4N2O4. The molecule has 0 saturated carbocycles. The molecule has 2 N–H and O–H groups in total. The Morgan fingerprint density at radius 1 is 0.971 bits per heavy atom. The van der Waals surface area contributed by atoms with Crippen molar-refractivity contribution in [2.24, 2.45) is 0 Å². The summed E-state index contributed by atoms with van der Waals surface area (Å²) in [6.07, 6.45) is -0.151. The molecule has 0 radical (unpaired) electrons. The van der Waals surface area contributed by atoms with Crippen LogP contribution in [-0.4, -0.2) is 32.1 Å². The summed E-state index contributed by atoms with van der Waals surface area (Å²) in [6.45, 7) is -3.15. The van der Waals surface area contributed by atoms with Gasteiger partial charge in [0, 0.05) is 30.3 Å². The lowest BCUT2D eigenvalue weighted by molar-refractivity contribution is -0.116. The standard InChI is InChI=1S/C24H20F4N2O4/c1-33-17-6-2-14(3-7-17)19-13-16(5-9-21(19)34-24(27)28)30-22(31)10-11-29-23(32)18-8-4-15(25)12-20(18)26/h2-9,12-13,24H,10-11H2,1H3,(H,29,32)(H,30,31). The Kier molecular flexibility index (Phi) is 8.07. The van der Waals surface area contributed by atoms with E-state index < -0.39 is 30.1 Å². The molecule has 178 valence electrons. The van der Waals surface area contributed by atoms with E-state index >= 15 is 0 Å². The largest absolute Gasteiger partial charge is 0.497 e. The van der Waals surface area contributed by atoms with Crippen LogP contribution in [-0.2, 0) is 4.79 Å². The van der Waals surface area contributed by atoms with E-state index in [2.05, 4.69) is 15.4 Å². The molecule has 3 aromatic carbocycles. The number of halogens is 4. The van der Waals surface area contributed by atoms with Gasteiger partial charge in [-0.3, -0.25) is 9.59 Å². The van der Waals surface area contributed by atoms with Crippen LogP contribution in [0.4, 0.5) is 23.2 Å². The first-order chi connectivity index (χ1) is 16.3. The summed E-state index contributed by atoms with van der Waals surface area (Å²) in [5.41, 5.74) is 0.843. The van der Waals surface area contributed by atoms with Crippen molar-refractivity contribution >= 4 is 17.5 Å². The monoisotopic (exact) mass is 476 g/mol. The van der Waals surface area contributed by atoms with Gasteiger partial charge in [0.05, 0.1) is 12.7 Å². The summed E-state index contributed by atoms with van der Waals surface area (Å²) >= 11 is 0. The van der Waals surface area contributed by atoms with Crippen molar-refractivity contribution in [3.8, 4) is 22.6 Å². The van der Waals surface area contributed by atoms with Crippen LogP contribution in [0.5, 0.6) is 11.5 Å². The van der Waals surface area contributed by atoms with Gasteiger partial charge < -0.3 is 20.1 Å². The molecule has 0 aliphatic rings. The van der Waals surface area contributed by atoms with Gasteiger partial charge in [-0.25, -0.2) is 8.78 Å². The van der Waals surface area contributed by atoms with Crippen LogP contribution in [0, 0.1) is 11.6 Å². The molecule has 3 rings (SSSR count). The predicted octanol–water partition coefficient (Wildman–Crippen LogP) is 5.00. The minimum Gasteiger partial charge on any atom is -0.497 e. The Balaban J connectivity index is 1.65. The number of amides is 2. The van der Waals surface area contributed by atoms with E-state index in [1.54, 1.807) is 24.3 Å². The van der Waals surface area contributed by atoms with E-state index in [4.69, 9.17) is 4.74 Å². The van der Waals surface area contributed by atoms with Crippen molar-refractivity contribution in [2.45, 2.75) is 13.0 Å². The van der Waals surface area contributed by atoms with E-state index in [0.717, 1.165) is 12.1 Å². The maximum Gasteiger partial charge on any atom is 0.387 e. The Hall–Kier alpha value is -4.08. The number of hydrogen-bond donors (Lipinski definition) is 2. The molecule has 0 fully saturated rings. The Labute approximate surface area is 192 Å². The van der Waals surface area contributed by atoms with Crippen LogP contribution in [0.2, 0.25) is 0 Å². The highest BCUT2D eigenvalue weighted by Gasteiger charge is 2.15. The van der Waals surface area contributed by atoms with E-state index in [-0.39, 0.29) is 24.3 Å². The van der Waals surface area contributed by atoms with Crippen molar-refractivity contribution < 1.29 is 36.6 Å². The van der Waals surface area contributed by atoms with Crippen LogP contribution in [0.25, 0.3) is 11.1 Å². The zero-order chi connectivity index (χ0) is 24.7. The number of alkyl halides is 2. The molecule has 0 aliphatic heterocycles. The molecule has 2 amide bonds. The Morgan fingerprint density at radius 3 is 2.35 bits per heavy atom. The second-order valence-electron chi connectivity index (χ2n) is 7.00. The summed E-state index contributed by atoms with van der Waals surface area (Å²) in [7, 11) is 1.50. The summed E-state index contributed by atoms with van der Waals surface area (Å²) in [5, 5.41) is 4.98. The van der Waals surface area contributed by atoms with Gasteiger partial charge in [0.1, 0.15) is 23.1 Å². The molecular weight excluding hydrogens is 456 g/mol. The molecule has 0 aromatic heterocycles. The summed E-state index contributed by atoms with van der Waals surface area (Å²) < 4.78 is 62.0. The second kappa shape index (κ2) is 11.2. The fourth-order valence-corrected chi connectivity index (χ4v) is 3.08. The highest BCUT2D eigenvalue weighted by atomic mass is 19.3. The van der Waals surface area contributed by atoms with Gasteiger partial charge in [0.2, 0.25) is 5.91 Å². The van der Waals surface area contributed by atoms with E-state index in [9.17, 15) is 27.2 Å². The zero-order valence-electron chi connectivity index (χ0n) is 17.9. The normalized spacial score (nSPS) is 10.6. The number of anilines is 1. The van der Waals surface area contributed by atoms with Crippen LogP contribution < -0.4 is 20.1 Å². The topological polar surface area (TPSA) is 76.7 Å². The number of benzene rings is 3. The number of ether oxygens (including phenoxy) is 2. The summed E-state index contributed by atoms with van der Waals surface area (Å²) in [4.78, 5) is 24.3. The Morgan fingerprint density at radius 2 is 1.71 bits per heavy atom. The van der Waals surface area contributed by atoms with E-state index in [1.165, 1.54) is 25.3 Å². The quantitative estimate of drug-likeness (QED) is 0.426. The summed E-state index contributed by atoms with van der Waals surface area (Å²) in [5.74, 6) is -2.60. The molecule has 0 bridgehead atoms. The Bertz CT molecular complexity index is 1170. The van der Waals surface area contributed by atoms with Gasteiger partial charge in [-0.1, -0.05) is 12.1 Å². The minimum atomic E-state index is -3.04. The average Bonchev–Trinajstić information content (AvgIpc) is 2.79. The van der Waals surface area contributed by atoms with Crippen molar-refractivity contribution in [2.75, 3.05) is 19.0 Å². The van der Waals surface area contributed by atoms with Crippen molar-refractivity contribution in [1.82, 2.24) is 5.32 Å². The van der Waals surface area contributed by atoms with Gasteiger partial charge in [0.15, 0.2) is 0 Å². The van der Waals surface area contributed by atoms with Gasteiger partial charge in [0.25, 0.3) is 5.91 Å². The first-order valence-electron chi connectivity index (χ1n) is 10.0. The maximum atomic E-state index is 13.7. The molecule has 10 heteroatoms. The highest BCUT2D eigenvalue weighted by Crippen LogP contribution is 2.34. The van der Waals surface area contributed by atoms with Crippen LogP contribution in [0.1, 0.15) is 16.8 Å². The molecule has 0 aliphatic carbocycles. The third-order valence-electron chi connectivity index (χ3n) is 4.69. The molecule has 3 aromatic rings. The molecule has 34 heavy (non-hydrogen) atoms. The predicted molar refractivity (Wildman–Crippen MR) is 117 cm³/mol. The average molecular weight is 476 g/mol. The second-order valence-corrected chi connectivity index (χ2v) is 7.00.